The lowest BCUT2D eigenvalue weighted by Gasteiger charge is -2.70. The second-order valence-corrected chi connectivity index (χ2v) is 10.2. The van der Waals surface area contributed by atoms with Crippen LogP contribution < -0.4 is 10.1 Å². The summed E-state index contributed by atoms with van der Waals surface area (Å²) in [6, 6.07) is 9.61. The monoisotopic (exact) mass is 487 g/mol. The van der Waals surface area contributed by atoms with E-state index in [1.165, 1.54) is 12.1 Å². The maximum absolute atomic E-state index is 13.8. The predicted molar refractivity (Wildman–Crippen MR) is 120 cm³/mol. The van der Waals surface area contributed by atoms with E-state index in [1.807, 2.05) is 6.20 Å². The van der Waals surface area contributed by atoms with Crippen molar-refractivity contribution in [2.45, 2.75) is 48.8 Å². The maximum atomic E-state index is 13.8. The summed E-state index contributed by atoms with van der Waals surface area (Å²) in [6.45, 7) is 0. The van der Waals surface area contributed by atoms with Crippen LogP contribution in [0.3, 0.4) is 0 Å². The van der Waals surface area contributed by atoms with Crippen LogP contribution in [-0.4, -0.2) is 32.4 Å². The first kappa shape index (κ1) is 21.0. The van der Waals surface area contributed by atoms with Crippen molar-refractivity contribution < 1.29 is 19.0 Å². The number of hydrogen-bond donors (Lipinski definition) is 2. The highest BCUT2D eigenvalue weighted by Gasteiger charge is 2.69. The molecule has 2 bridgehead atoms. The zero-order valence-electron chi connectivity index (χ0n) is 17.4. The summed E-state index contributed by atoms with van der Waals surface area (Å²) in [5.41, 5.74) is 2.01. The van der Waals surface area contributed by atoms with Gasteiger partial charge in [0.2, 0.25) is 0 Å². The molecule has 1 aromatic heterocycles. The van der Waals surface area contributed by atoms with Crippen molar-refractivity contribution in [2.75, 3.05) is 0 Å². The van der Waals surface area contributed by atoms with Crippen molar-refractivity contribution in [1.29, 1.82) is 0 Å². The third-order valence-electron chi connectivity index (χ3n) is 7.11. The summed E-state index contributed by atoms with van der Waals surface area (Å²) in [7, 11) is 0. The molecule has 9 heteroatoms. The summed E-state index contributed by atoms with van der Waals surface area (Å²) in [6.07, 6.45) is 4.80. The van der Waals surface area contributed by atoms with Gasteiger partial charge in [-0.2, -0.15) is 5.10 Å². The first-order valence-electron chi connectivity index (χ1n) is 10.7. The standard InChI is InChI=1S/C24H20Cl2FN3O3/c25-14-1-4-20-16(5-14)19(31)7-21(33-20)22(32)29-24-10-23(11-24,12-24)13-8-28-30(9-13)15-2-3-17(26)18(27)6-15/h1-6,8-9,19,21,31H,7,10-12H2,(H,29,32)/t19-,21+,23?,24?/m1/s1. The van der Waals surface area contributed by atoms with Crippen molar-refractivity contribution >= 4 is 29.1 Å². The van der Waals surface area contributed by atoms with Crippen molar-refractivity contribution in [2.24, 2.45) is 0 Å². The highest BCUT2D eigenvalue weighted by atomic mass is 35.5. The molecule has 3 aromatic rings. The summed E-state index contributed by atoms with van der Waals surface area (Å²) in [4.78, 5) is 12.9. The Bertz CT molecular complexity index is 1270. The third kappa shape index (κ3) is 3.33. The van der Waals surface area contributed by atoms with E-state index in [9.17, 15) is 14.3 Å². The van der Waals surface area contributed by atoms with Crippen LogP contribution in [0.1, 0.15) is 42.9 Å². The Hall–Kier alpha value is -2.61. The van der Waals surface area contributed by atoms with E-state index >= 15 is 0 Å². The number of rotatable bonds is 4. The van der Waals surface area contributed by atoms with Crippen molar-refractivity contribution in [3.05, 3.63) is 75.8 Å². The van der Waals surface area contributed by atoms with Crippen LogP contribution in [0, 0.1) is 5.82 Å². The molecule has 0 radical (unpaired) electrons. The van der Waals surface area contributed by atoms with Crippen molar-refractivity contribution in [1.82, 2.24) is 15.1 Å². The van der Waals surface area contributed by atoms with Crippen LogP contribution in [0.25, 0.3) is 5.69 Å². The van der Waals surface area contributed by atoms with E-state index in [2.05, 4.69) is 10.4 Å². The molecular weight excluding hydrogens is 468 g/mol. The largest absolute Gasteiger partial charge is 0.480 e. The lowest BCUT2D eigenvalue weighted by molar-refractivity contribution is -0.146. The number of aromatic nitrogens is 2. The zero-order valence-corrected chi connectivity index (χ0v) is 18.9. The van der Waals surface area contributed by atoms with Crippen LogP contribution in [0.4, 0.5) is 4.39 Å². The van der Waals surface area contributed by atoms with Gasteiger partial charge in [0.1, 0.15) is 11.6 Å². The Morgan fingerprint density at radius 3 is 2.76 bits per heavy atom. The van der Waals surface area contributed by atoms with Gasteiger partial charge in [0, 0.05) is 40.2 Å². The molecule has 0 spiro atoms. The Labute approximate surface area is 199 Å². The second-order valence-electron chi connectivity index (χ2n) is 9.39. The predicted octanol–water partition coefficient (Wildman–Crippen LogP) is 4.49. The molecule has 1 amide bonds. The first-order valence-corrected chi connectivity index (χ1v) is 11.5. The fourth-order valence-electron chi connectivity index (χ4n) is 5.51. The van der Waals surface area contributed by atoms with E-state index in [0.717, 1.165) is 24.8 Å². The molecule has 33 heavy (non-hydrogen) atoms. The minimum Gasteiger partial charge on any atom is -0.480 e. The number of nitrogens with one attached hydrogen (secondary N) is 1. The fourth-order valence-corrected chi connectivity index (χ4v) is 5.81. The molecule has 2 N–H and O–H groups in total. The van der Waals surface area contributed by atoms with Gasteiger partial charge < -0.3 is 15.2 Å². The number of nitrogens with zero attached hydrogens (tertiary/aromatic N) is 2. The SMILES string of the molecule is O=C(NC12CC(c3cnn(-c4ccc(Cl)c(F)c4)c3)(C1)C2)[C@@H]1C[C@@H](O)c2cc(Cl)ccc2O1. The molecule has 3 aliphatic carbocycles. The number of carbonyl (C=O) groups is 1. The fraction of sp³-hybridized carbons (Fsp3) is 0.333. The van der Waals surface area contributed by atoms with Gasteiger partial charge in [-0.15, -0.1) is 0 Å². The number of ether oxygens (including phenoxy) is 1. The number of fused-ring (bicyclic) bond motifs is 1. The highest BCUT2D eigenvalue weighted by molar-refractivity contribution is 6.31. The molecule has 3 fully saturated rings. The average Bonchev–Trinajstić information content (AvgIpc) is 3.21. The zero-order chi connectivity index (χ0) is 23.0. The van der Waals surface area contributed by atoms with Gasteiger partial charge in [-0.05, 0) is 55.2 Å². The van der Waals surface area contributed by atoms with E-state index in [4.69, 9.17) is 27.9 Å². The van der Waals surface area contributed by atoms with Crippen molar-refractivity contribution in [3.63, 3.8) is 0 Å². The Morgan fingerprint density at radius 2 is 2.00 bits per heavy atom. The van der Waals surface area contributed by atoms with Crippen LogP contribution in [-0.2, 0) is 10.2 Å². The minimum atomic E-state index is -0.800. The second kappa shape index (κ2) is 7.19. The minimum absolute atomic E-state index is 0.0210. The van der Waals surface area contributed by atoms with E-state index in [-0.39, 0.29) is 28.3 Å². The molecule has 170 valence electrons. The van der Waals surface area contributed by atoms with Gasteiger partial charge in [-0.1, -0.05) is 23.2 Å². The molecule has 0 saturated heterocycles. The van der Waals surface area contributed by atoms with Gasteiger partial charge in [0.05, 0.1) is 23.0 Å². The molecule has 3 saturated carbocycles. The molecule has 2 heterocycles. The first-order chi connectivity index (χ1) is 15.8. The van der Waals surface area contributed by atoms with Crippen LogP contribution in [0.5, 0.6) is 5.75 Å². The maximum Gasteiger partial charge on any atom is 0.261 e. The Balaban J connectivity index is 1.11. The molecule has 2 atom stereocenters. The number of carbonyl (C=O) groups excluding carboxylic acids is 1. The highest BCUT2D eigenvalue weighted by Crippen LogP contribution is 2.67. The molecule has 0 unspecified atom stereocenters. The van der Waals surface area contributed by atoms with Gasteiger partial charge in [-0.3, -0.25) is 4.79 Å². The lowest BCUT2D eigenvalue weighted by Crippen LogP contribution is -2.77. The number of hydrogen-bond acceptors (Lipinski definition) is 4. The van der Waals surface area contributed by atoms with Crippen LogP contribution in [0.15, 0.2) is 48.8 Å². The average molecular weight is 488 g/mol. The summed E-state index contributed by atoms with van der Waals surface area (Å²) in [5.74, 6) is -0.215. The number of benzene rings is 2. The summed E-state index contributed by atoms with van der Waals surface area (Å²) >= 11 is 11.8. The Morgan fingerprint density at radius 1 is 1.21 bits per heavy atom. The number of amides is 1. The smallest absolute Gasteiger partial charge is 0.261 e. The van der Waals surface area contributed by atoms with E-state index in [0.29, 0.717) is 22.0 Å². The van der Waals surface area contributed by atoms with Crippen LogP contribution in [0.2, 0.25) is 10.0 Å². The van der Waals surface area contributed by atoms with Gasteiger partial charge in [0.15, 0.2) is 6.10 Å². The number of halogens is 3. The molecule has 1 aliphatic heterocycles. The molecule has 6 nitrogen and oxygen atoms in total. The van der Waals surface area contributed by atoms with Crippen LogP contribution >= 0.6 is 23.2 Å². The summed E-state index contributed by atoms with van der Waals surface area (Å²) in [5, 5.41) is 18.6. The normalized spacial score (nSPS) is 29.3. The quantitative estimate of drug-likeness (QED) is 0.568. The van der Waals surface area contributed by atoms with E-state index in [1.54, 1.807) is 35.1 Å². The van der Waals surface area contributed by atoms with Gasteiger partial charge >= 0.3 is 0 Å². The van der Waals surface area contributed by atoms with Gasteiger partial charge in [-0.25, -0.2) is 9.07 Å². The Kier molecular flexibility index (Phi) is 4.57. The third-order valence-corrected chi connectivity index (χ3v) is 7.65. The molecule has 7 rings (SSSR count). The molecule has 2 aromatic carbocycles. The molecule has 4 aliphatic rings. The van der Waals surface area contributed by atoms with Crippen molar-refractivity contribution in [3.8, 4) is 11.4 Å². The number of aliphatic hydroxyl groups excluding tert-OH is 1. The number of aliphatic hydroxyl groups is 1. The lowest BCUT2D eigenvalue weighted by atomic mass is 9.37. The van der Waals surface area contributed by atoms with E-state index < -0.39 is 18.0 Å². The van der Waals surface area contributed by atoms with Gasteiger partial charge in [0.25, 0.3) is 5.91 Å². The topological polar surface area (TPSA) is 76.4 Å². The molecular formula is C24H20Cl2FN3O3. The summed E-state index contributed by atoms with van der Waals surface area (Å²) < 4.78 is 21.3.